The smallest absolute Gasteiger partial charge is 0.305 e. The number of carboxylic acids is 1. The van der Waals surface area contributed by atoms with Gasteiger partial charge in [0.1, 0.15) is 13.6 Å². The van der Waals surface area contributed by atoms with Crippen LogP contribution in [0.5, 0.6) is 5.75 Å². The zero-order chi connectivity index (χ0) is 20.4. The van der Waals surface area contributed by atoms with Gasteiger partial charge in [-0.2, -0.15) is 0 Å². The fourth-order valence-corrected chi connectivity index (χ4v) is 2.49. The second-order valence-electron chi connectivity index (χ2n) is 5.81. The minimum atomic E-state index is -1.11. The Balaban J connectivity index is 2.50. The number of nitrogens with one attached hydrogen (secondary N) is 3. The van der Waals surface area contributed by atoms with E-state index in [2.05, 4.69) is 16.0 Å². The highest BCUT2D eigenvalue weighted by Gasteiger charge is 2.21. The van der Waals surface area contributed by atoms with Crippen LogP contribution in [0, 0.1) is 0 Å². The Bertz CT molecular complexity index is 686. The summed E-state index contributed by atoms with van der Waals surface area (Å²) in [4.78, 5) is 35.1. The number of thiocarbonyl (C=S) groups is 1. The lowest BCUT2D eigenvalue weighted by atomic mass is 10.1. The SMILES string of the molecule is BCNC(=S)[C@H](CC(=O)O)NC(=O)CNC(=O)[C@@H](N)Cc1ccc(O)cc1. The molecule has 0 heterocycles. The summed E-state index contributed by atoms with van der Waals surface area (Å²) in [5.74, 6) is -2.10. The van der Waals surface area contributed by atoms with Gasteiger partial charge >= 0.3 is 5.97 Å². The Morgan fingerprint density at radius 3 is 2.37 bits per heavy atom. The highest BCUT2D eigenvalue weighted by atomic mass is 32.1. The third kappa shape index (κ3) is 8.51. The minimum absolute atomic E-state index is 0.111. The van der Waals surface area contributed by atoms with Crippen LogP contribution < -0.4 is 21.7 Å². The summed E-state index contributed by atoms with van der Waals surface area (Å²) >= 11 is 5.06. The van der Waals surface area contributed by atoms with Gasteiger partial charge in [-0.3, -0.25) is 14.4 Å². The predicted molar refractivity (Wildman–Crippen MR) is 106 cm³/mol. The first-order valence-corrected chi connectivity index (χ1v) is 8.73. The van der Waals surface area contributed by atoms with Crippen molar-refractivity contribution in [2.45, 2.75) is 24.9 Å². The van der Waals surface area contributed by atoms with Gasteiger partial charge in [0.15, 0.2) is 0 Å². The summed E-state index contributed by atoms with van der Waals surface area (Å²) < 4.78 is 0. The number of carboxylic acid groups (broad SMARTS) is 1. The Hall–Kier alpha value is -2.66. The Morgan fingerprint density at radius 2 is 1.81 bits per heavy atom. The van der Waals surface area contributed by atoms with Crippen LogP contribution in [0.1, 0.15) is 12.0 Å². The number of phenolic OH excluding ortho intramolecular Hbond substituents is 1. The number of carbonyl (C=O) groups is 3. The summed E-state index contributed by atoms with van der Waals surface area (Å²) in [5, 5.41) is 25.8. The summed E-state index contributed by atoms with van der Waals surface area (Å²) in [5.41, 5.74) is 6.58. The van der Waals surface area contributed by atoms with Crippen LogP contribution in [-0.4, -0.2) is 65.9 Å². The van der Waals surface area contributed by atoms with Gasteiger partial charge in [0.05, 0.1) is 30.0 Å². The van der Waals surface area contributed by atoms with E-state index < -0.39 is 29.9 Å². The summed E-state index contributed by atoms with van der Waals surface area (Å²) in [6.45, 7) is -0.354. The number of aliphatic carboxylic acids is 1. The molecule has 0 radical (unpaired) electrons. The molecule has 0 aliphatic rings. The molecule has 0 bridgehead atoms. The van der Waals surface area contributed by atoms with Crippen LogP contribution in [0.4, 0.5) is 0 Å². The second kappa shape index (κ2) is 11.1. The van der Waals surface area contributed by atoms with Crippen LogP contribution in [-0.2, 0) is 20.8 Å². The molecule has 9 nitrogen and oxygen atoms in total. The molecule has 11 heteroatoms. The van der Waals surface area contributed by atoms with Gasteiger partial charge in [0, 0.05) is 0 Å². The van der Waals surface area contributed by atoms with Crippen LogP contribution in [0.15, 0.2) is 24.3 Å². The van der Waals surface area contributed by atoms with Gasteiger partial charge in [-0.15, -0.1) is 0 Å². The van der Waals surface area contributed by atoms with E-state index >= 15 is 0 Å². The van der Waals surface area contributed by atoms with Crippen molar-refractivity contribution in [2.75, 3.05) is 13.0 Å². The standard InChI is InChI=1S/C16H23BN4O5S/c17-8-20-16(27)12(6-14(24)25)21-13(23)7-19-15(26)11(18)5-9-1-3-10(22)4-2-9/h1-4,11-12,22H,5-8,17-18H2,(H,19,26)(H,20,27)(H,21,23)(H,24,25)/t11-,12-/m0/s1. The largest absolute Gasteiger partial charge is 0.508 e. The molecule has 0 aromatic heterocycles. The number of benzene rings is 1. The van der Waals surface area contributed by atoms with Crippen molar-refractivity contribution in [1.82, 2.24) is 16.0 Å². The number of hydrogen-bond donors (Lipinski definition) is 6. The number of amides is 2. The lowest BCUT2D eigenvalue weighted by molar-refractivity contribution is -0.137. The zero-order valence-electron chi connectivity index (χ0n) is 14.9. The number of rotatable bonds is 10. The lowest BCUT2D eigenvalue weighted by Gasteiger charge is -2.19. The molecule has 27 heavy (non-hydrogen) atoms. The molecular weight excluding hydrogens is 371 g/mol. The van der Waals surface area contributed by atoms with E-state index in [0.717, 1.165) is 5.56 Å². The topological polar surface area (TPSA) is 154 Å². The average molecular weight is 394 g/mol. The van der Waals surface area contributed by atoms with Crippen molar-refractivity contribution in [3.63, 3.8) is 0 Å². The molecule has 0 spiro atoms. The van der Waals surface area contributed by atoms with Crippen LogP contribution in [0.2, 0.25) is 0 Å². The molecular formula is C16H23BN4O5S. The molecule has 0 aliphatic carbocycles. The molecule has 1 rings (SSSR count). The van der Waals surface area contributed by atoms with Crippen molar-refractivity contribution < 1.29 is 24.6 Å². The minimum Gasteiger partial charge on any atom is -0.508 e. The number of aromatic hydroxyl groups is 1. The monoisotopic (exact) mass is 394 g/mol. The van der Waals surface area contributed by atoms with Gasteiger partial charge in [0.25, 0.3) is 0 Å². The second-order valence-corrected chi connectivity index (χ2v) is 6.25. The van der Waals surface area contributed by atoms with E-state index in [1.807, 2.05) is 0 Å². The Kier molecular flexibility index (Phi) is 9.24. The number of nitrogens with two attached hydrogens (primary N) is 1. The van der Waals surface area contributed by atoms with E-state index in [1.54, 1.807) is 20.0 Å². The third-order valence-corrected chi connectivity index (χ3v) is 3.96. The first-order valence-electron chi connectivity index (χ1n) is 8.33. The highest BCUT2D eigenvalue weighted by Crippen LogP contribution is 2.10. The van der Waals surface area contributed by atoms with Crippen molar-refractivity contribution in [3.05, 3.63) is 29.8 Å². The molecule has 1 aromatic carbocycles. The normalized spacial score (nSPS) is 12.5. The summed E-state index contributed by atoms with van der Waals surface area (Å²) in [6.07, 6.45) is 0.361. The van der Waals surface area contributed by atoms with Gasteiger partial charge in [-0.05, 0) is 30.6 Å². The van der Waals surface area contributed by atoms with Gasteiger partial charge in [0.2, 0.25) is 11.8 Å². The van der Waals surface area contributed by atoms with Crippen molar-refractivity contribution in [3.8, 4) is 5.75 Å². The zero-order valence-corrected chi connectivity index (χ0v) is 15.7. The molecule has 0 saturated heterocycles. The molecule has 0 aliphatic heterocycles. The van der Waals surface area contributed by atoms with E-state index in [9.17, 15) is 19.5 Å². The maximum absolute atomic E-state index is 12.0. The third-order valence-electron chi connectivity index (χ3n) is 3.53. The molecule has 1 aromatic rings. The van der Waals surface area contributed by atoms with Crippen LogP contribution in [0.25, 0.3) is 0 Å². The quantitative estimate of drug-likeness (QED) is 0.194. The molecule has 2 atom stereocenters. The van der Waals surface area contributed by atoms with Gasteiger partial charge < -0.3 is 31.9 Å². The highest BCUT2D eigenvalue weighted by molar-refractivity contribution is 7.80. The fraction of sp³-hybridized carbons (Fsp3) is 0.375. The maximum atomic E-state index is 12.0. The van der Waals surface area contributed by atoms with E-state index in [1.165, 1.54) is 12.1 Å². The average Bonchev–Trinajstić information content (AvgIpc) is 2.60. The lowest BCUT2D eigenvalue weighted by Crippen LogP contribution is -2.51. The van der Waals surface area contributed by atoms with Crippen LogP contribution in [0.3, 0.4) is 0 Å². The molecule has 2 amide bonds. The van der Waals surface area contributed by atoms with Gasteiger partial charge in [-0.1, -0.05) is 24.4 Å². The summed E-state index contributed by atoms with van der Waals surface area (Å²) in [7, 11) is 1.79. The van der Waals surface area contributed by atoms with E-state index in [4.69, 9.17) is 23.1 Å². The molecule has 0 unspecified atom stereocenters. The predicted octanol–water partition coefficient (Wildman–Crippen LogP) is -2.15. The van der Waals surface area contributed by atoms with Crippen LogP contribution >= 0.6 is 12.2 Å². The number of carbonyl (C=O) groups excluding carboxylic acids is 2. The van der Waals surface area contributed by atoms with Gasteiger partial charge in [-0.25, -0.2) is 0 Å². The van der Waals surface area contributed by atoms with Crippen molar-refractivity contribution in [2.24, 2.45) is 5.73 Å². The van der Waals surface area contributed by atoms with Crippen molar-refractivity contribution in [1.29, 1.82) is 0 Å². The maximum Gasteiger partial charge on any atom is 0.305 e. The molecule has 0 fully saturated rings. The van der Waals surface area contributed by atoms with E-state index in [-0.39, 0.29) is 30.1 Å². The fourth-order valence-electron chi connectivity index (χ4n) is 2.20. The first kappa shape index (κ1) is 22.4. The Labute approximate surface area is 163 Å². The number of hydrogen-bond acceptors (Lipinski definition) is 6. The molecule has 7 N–H and O–H groups in total. The molecule has 0 saturated carbocycles. The molecule has 146 valence electrons. The van der Waals surface area contributed by atoms with E-state index in [0.29, 0.717) is 6.44 Å². The number of phenols is 1. The van der Waals surface area contributed by atoms with Crippen molar-refractivity contribution >= 4 is 42.8 Å². The Morgan fingerprint density at radius 1 is 1.19 bits per heavy atom. The first-order chi connectivity index (χ1) is 12.7. The summed E-state index contributed by atoms with van der Waals surface area (Å²) in [6, 6.07) is 4.53.